The number of benzene rings is 2. The predicted molar refractivity (Wildman–Crippen MR) is 129 cm³/mol. The molecule has 9 heteroatoms. The summed E-state index contributed by atoms with van der Waals surface area (Å²) in [5.74, 6) is 1.10. The van der Waals surface area contributed by atoms with E-state index in [9.17, 15) is 4.79 Å². The molecule has 3 aromatic heterocycles. The molecule has 0 saturated carbocycles. The van der Waals surface area contributed by atoms with E-state index in [0.717, 1.165) is 16.1 Å². The van der Waals surface area contributed by atoms with Crippen LogP contribution in [0.2, 0.25) is 5.02 Å². The Kier molecular flexibility index (Phi) is 5.65. The third-order valence-electron chi connectivity index (χ3n) is 4.85. The van der Waals surface area contributed by atoms with Gasteiger partial charge in [-0.1, -0.05) is 23.7 Å². The molecule has 2 aromatic carbocycles. The first-order valence-corrected chi connectivity index (χ1v) is 11.7. The number of thiazole rings is 1. The zero-order chi connectivity index (χ0) is 22.1. The Labute approximate surface area is 196 Å². The fourth-order valence-electron chi connectivity index (χ4n) is 3.24. The number of hydrogen-bond acceptors (Lipinski definition) is 7. The van der Waals surface area contributed by atoms with Crippen molar-refractivity contribution >= 4 is 44.5 Å². The molecule has 0 atom stereocenters. The molecule has 32 heavy (non-hydrogen) atoms. The second kappa shape index (κ2) is 8.74. The molecule has 6 nitrogen and oxygen atoms in total. The SMILES string of the molecule is COc1cc(-n2cnc3cc(-c4ccc(Cl)cc4)sc3c2=O)ccc1OCc1cscn1. The number of fused-ring (bicyclic) bond motifs is 1. The van der Waals surface area contributed by atoms with E-state index in [-0.39, 0.29) is 5.56 Å². The molecule has 0 aliphatic heterocycles. The summed E-state index contributed by atoms with van der Waals surface area (Å²) >= 11 is 8.92. The Hall–Kier alpha value is -3.20. The zero-order valence-corrected chi connectivity index (χ0v) is 19.2. The molecule has 5 rings (SSSR count). The smallest absolute Gasteiger partial charge is 0.275 e. The number of hydrogen-bond donors (Lipinski definition) is 0. The van der Waals surface area contributed by atoms with Crippen LogP contribution in [0.1, 0.15) is 5.69 Å². The minimum absolute atomic E-state index is 0.140. The molecule has 0 aliphatic carbocycles. The predicted octanol–water partition coefficient (Wildman–Crippen LogP) is 5.81. The molecule has 0 aliphatic rings. The van der Waals surface area contributed by atoms with Crippen LogP contribution >= 0.6 is 34.3 Å². The lowest BCUT2D eigenvalue weighted by Gasteiger charge is -2.12. The molecule has 0 amide bonds. The maximum atomic E-state index is 13.2. The van der Waals surface area contributed by atoms with E-state index in [1.54, 1.807) is 24.8 Å². The van der Waals surface area contributed by atoms with Crippen molar-refractivity contribution in [2.45, 2.75) is 6.61 Å². The first-order chi connectivity index (χ1) is 15.6. The highest BCUT2D eigenvalue weighted by atomic mass is 35.5. The second-order valence-electron chi connectivity index (χ2n) is 6.86. The summed E-state index contributed by atoms with van der Waals surface area (Å²) in [5.41, 5.74) is 4.77. The number of aromatic nitrogens is 3. The molecule has 0 radical (unpaired) electrons. The average molecular weight is 482 g/mol. The van der Waals surface area contributed by atoms with Crippen molar-refractivity contribution < 1.29 is 9.47 Å². The molecule has 0 saturated heterocycles. The van der Waals surface area contributed by atoms with Crippen LogP contribution in [0.4, 0.5) is 0 Å². The highest BCUT2D eigenvalue weighted by Crippen LogP contribution is 2.33. The van der Waals surface area contributed by atoms with Crippen molar-refractivity contribution in [2.24, 2.45) is 0 Å². The Morgan fingerprint density at radius 1 is 1.06 bits per heavy atom. The van der Waals surface area contributed by atoms with Gasteiger partial charge in [0.25, 0.3) is 5.56 Å². The molecular weight excluding hydrogens is 466 g/mol. The number of ether oxygens (including phenoxy) is 2. The highest BCUT2D eigenvalue weighted by molar-refractivity contribution is 7.22. The number of rotatable bonds is 6. The number of nitrogens with zero attached hydrogens (tertiary/aromatic N) is 3. The molecule has 160 valence electrons. The first kappa shape index (κ1) is 20.7. The van der Waals surface area contributed by atoms with Gasteiger partial charge in [0.15, 0.2) is 11.5 Å². The molecule has 0 unspecified atom stereocenters. The molecule has 0 N–H and O–H groups in total. The van der Waals surface area contributed by atoms with Crippen molar-refractivity contribution in [3.05, 3.63) is 86.8 Å². The van der Waals surface area contributed by atoms with Gasteiger partial charge in [-0.25, -0.2) is 9.97 Å². The van der Waals surface area contributed by atoms with E-state index in [2.05, 4.69) is 9.97 Å². The normalized spacial score (nSPS) is 11.1. The van der Waals surface area contributed by atoms with Crippen molar-refractivity contribution in [3.8, 4) is 27.6 Å². The molecule has 5 aromatic rings. The van der Waals surface area contributed by atoms with Gasteiger partial charge in [-0.15, -0.1) is 22.7 Å². The van der Waals surface area contributed by atoms with Crippen molar-refractivity contribution in [3.63, 3.8) is 0 Å². The van der Waals surface area contributed by atoms with E-state index in [1.807, 2.05) is 41.8 Å². The van der Waals surface area contributed by atoms with Gasteiger partial charge < -0.3 is 9.47 Å². The van der Waals surface area contributed by atoms with Gasteiger partial charge in [-0.3, -0.25) is 9.36 Å². The van der Waals surface area contributed by atoms with Crippen LogP contribution in [0.15, 0.2) is 70.5 Å². The Bertz CT molecular complexity index is 1440. The monoisotopic (exact) mass is 481 g/mol. The largest absolute Gasteiger partial charge is 0.493 e. The Morgan fingerprint density at radius 2 is 1.91 bits per heavy atom. The van der Waals surface area contributed by atoms with Gasteiger partial charge >= 0.3 is 0 Å². The number of thiophene rings is 1. The van der Waals surface area contributed by atoms with E-state index in [0.29, 0.717) is 39.0 Å². The zero-order valence-electron chi connectivity index (χ0n) is 16.8. The van der Waals surface area contributed by atoms with Crippen LogP contribution in [0, 0.1) is 0 Å². The lowest BCUT2D eigenvalue weighted by Crippen LogP contribution is -2.17. The van der Waals surface area contributed by atoms with Gasteiger partial charge in [0.1, 0.15) is 17.6 Å². The standard InChI is InChI=1S/C23H16ClN3O3S2/c1-29-20-8-17(6-7-19(20)30-10-16-11-31-13-26-16)27-12-25-18-9-21(32-22(18)23(27)28)14-2-4-15(24)5-3-14/h2-9,11-13H,10H2,1H3. The fraction of sp³-hybridized carbons (Fsp3) is 0.0870. The van der Waals surface area contributed by atoms with Crippen molar-refractivity contribution in [2.75, 3.05) is 7.11 Å². The number of halogens is 1. The molecule has 0 bridgehead atoms. The molecular formula is C23H16ClN3O3S2. The lowest BCUT2D eigenvalue weighted by molar-refractivity contribution is 0.281. The summed E-state index contributed by atoms with van der Waals surface area (Å²) in [4.78, 5) is 22.9. The summed E-state index contributed by atoms with van der Waals surface area (Å²) in [6.07, 6.45) is 1.54. The summed E-state index contributed by atoms with van der Waals surface area (Å²) in [6.45, 7) is 0.343. The maximum Gasteiger partial charge on any atom is 0.275 e. The lowest BCUT2D eigenvalue weighted by atomic mass is 10.2. The summed E-state index contributed by atoms with van der Waals surface area (Å²) in [7, 11) is 1.57. The molecule has 0 fully saturated rings. The third-order valence-corrected chi connectivity index (χ3v) is 6.90. The van der Waals surface area contributed by atoms with Crippen LogP contribution in [0.3, 0.4) is 0 Å². The first-order valence-electron chi connectivity index (χ1n) is 9.58. The van der Waals surface area contributed by atoms with E-state index < -0.39 is 0 Å². The van der Waals surface area contributed by atoms with Gasteiger partial charge in [-0.05, 0) is 35.9 Å². The van der Waals surface area contributed by atoms with Crippen LogP contribution in [-0.2, 0) is 6.61 Å². The topological polar surface area (TPSA) is 66.2 Å². The minimum atomic E-state index is -0.140. The summed E-state index contributed by atoms with van der Waals surface area (Å²) in [6, 6.07) is 14.8. The van der Waals surface area contributed by atoms with Gasteiger partial charge in [0, 0.05) is 21.3 Å². The maximum absolute atomic E-state index is 13.2. The van der Waals surface area contributed by atoms with Gasteiger partial charge in [0.05, 0.1) is 29.5 Å². The minimum Gasteiger partial charge on any atom is -0.493 e. The van der Waals surface area contributed by atoms with Gasteiger partial charge in [0.2, 0.25) is 0 Å². The van der Waals surface area contributed by atoms with E-state index >= 15 is 0 Å². The second-order valence-corrected chi connectivity index (χ2v) is 9.06. The summed E-state index contributed by atoms with van der Waals surface area (Å²) < 4.78 is 13.4. The van der Waals surface area contributed by atoms with Crippen molar-refractivity contribution in [1.82, 2.24) is 14.5 Å². The third kappa shape index (κ3) is 4.00. The van der Waals surface area contributed by atoms with Crippen molar-refractivity contribution in [1.29, 1.82) is 0 Å². The quantitative estimate of drug-likeness (QED) is 0.306. The van der Waals surface area contributed by atoms with Crippen LogP contribution in [0.25, 0.3) is 26.3 Å². The fourth-order valence-corrected chi connectivity index (χ4v) is 4.95. The molecule has 3 heterocycles. The van der Waals surface area contributed by atoms with Crippen LogP contribution in [0.5, 0.6) is 11.5 Å². The Morgan fingerprint density at radius 3 is 2.66 bits per heavy atom. The highest BCUT2D eigenvalue weighted by Gasteiger charge is 2.14. The average Bonchev–Trinajstić information content (AvgIpc) is 3.49. The van der Waals surface area contributed by atoms with E-state index in [4.69, 9.17) is 21.1 Å². The summed E-state index contributed by atoms with van der Waals surface area (Å²) in [5, 5.41) is 2.60. The van der Waals surface area contributed by atoms with E-state index in [1.165, 1.54) is 33.6 Å². The Balaban J connectivity index is 1.49. The van der Waals surface area contributed by atoms with Gasteiger partial charge in [-0.2, -0.15) is 0 Å². The van der Waals surface area contributed by atoms with Crippen LogP contribution in [-0.4, -0.2) is 21.6 Å². The molecule has 0 spiro atoms. The van der Waals surface area contributed by atoms with Crippen LogP contribution < -0.4 is 15.0 Å². The number of methoxy groups -OCH3 is 1.